The van der Waals surface area contributed by atoms with Gasteiger partial charge in [0.25, 0.3) is 0 Å². The predicted molar refractivity (Wildman–Crippen MR) is 122 cm³/mol. The van der Waals surface area contributed by atoms with Crippen LogP contribution in [0.25, 0.3) is 11.5 Å². The normalized spacial score (nSPS) is 11.0. The van der Waals surface area contributed by atoms with E-state index in [4.69, 9.17) is 14.9 Å². The van der Waals surface area contributed by atoms with E-state index in [1.807, 2.05) is 24.3 Å². The second kappa shape index (κ2) is 11.4. The lowest BCUT2D eigenvalue weighted by Crippen LogP contribution is -2.33. The molecule has 0 aliphatic rings. The Morgan fingerprint density at radius 1 is 1.14 bits per heavy atom. The van der Waals surface area contributed by atoms with Gasteiger partial charge in [-0.3, -0.25) is 4.99 Å². The van der Waals surface area contributed by atoms with Gasteiger partial charge in [0.1, 0.15) is 17.8 Å². The Morgan fingerprint density at radius 2 is 1.86 bits per heavy atom. The number of nitrogens with two attached hydrogens (primary N) is 1. The Kier molecular flexibility index (Phi) is 8.91. The summed E-state index contributed by atoms with van der Waals surface area (Å²) in [7, 11) is 1.65. The largest absolute Gasteiger partial charge is 0.497 e. The minimum absolute atomic E-state index is 0. The number of ether oxygens (including phenoxy) is 1. The third-order valence-electron chi connectivity index (χ3n) is 4.17. The van der Waals surface area contributed by atoms with Crippen LogP contribution in [0.5, 0.6) is 5.75 Å². The Labute approximate surface area is 186 Å². The summed E-state index contributed by atoms with van der Waals surface area (Å²) in [6.45, 7) is 1.19. The van der Waals surface area contributed by atoms with E-state index in [1.165, 1.54) is 17.7 Å². The van der Waals surface area contributed by atoms with Crippen LogP contribution in [0.3, 0.4) is 0 Å². The molecule has 8 heteroatoms. The minimum atomic E-state index is -0.292. The summed E-state index contributed by atoms with van der Waals surface area (Å²) in [4.78, 5) is 8.70. The van der Waals surface area contributed by atoms with Gasteiger partial charge in [-0.1, -0.05) is 12.1 Å². The Bertz CT molecular complexity index is 911. The van der Waals surface area contributed by atoms with Gasteiger partial charge in [-0.25, -0.2) is 9.37 Å². The minimum Gasteiger partial charge on any atom is -0.497 e. The van der Waals surface area contributed by atoms with E-state index in [2.05, 4.69) is 15.3 Å². The lowest BCUT2D eigenvalue weighted by molar-refractivity contribution is 0.414. The fraction of sp³-hybridized carbons (Fsp3) is 0.238. The molecule has 0 fully saturated rings. The van der Waals surface area contributed by atoms with E-state index in [1.54, 1.807) is 25.5 Å². The van der Waals surface area contributed by atoms with Crippen LogP contribution in [0.2, 0.25) is 0 Å². The van der Waals surface area contributed by atoms with Crippen LogP contribution < -0.4 is 15.8 Å². The maximum Gasteiger partial charge on any atom is 0.226 e. The molecule has 0 amide bonds. The number of benzene rings is 2. The highest BCUT2D eigenvalue weighted by Crippen LogP contribution is 2.19. The molecule has 0 saturated carbocycles. The topological polar surface area (TPSA) is 85.7 Å². The highest BCUT2D eigenvalue weighted by Gasteiger charge is 2.06. The van der Waals surface area contributed by atoms with Crippen molar-refractivity contribution in [3.63, 3.8) is 0 Å². The average Bonchev–Trinajstić information content (AvgIpc) is 3.18. The Hall–Kier alpha value is -2.62. The number of nitrogens with one attached hydrogen (secondary N) is 1. The van der Waals surface area contributed by atoms with Crippen LogP contribution in [-0.4, -0.2) is 31.1 Å². The van der Waals surface area contributed by atoms with Crippen molar-refractivity contribution in [3.8, 4) is 17.2 Å². The smallest absolute Gasteiger partial charge is 0.226 e. The molecule has 6 nitrogen and oxygen atoms in total. The summed E-state index contributed by atoms with van der Waals surface area (Å²) >= 11 is 0. The van der Waals surface area contributed by atoms with Crippen molar-refractivity contribution in [1.82, 2.24) is 10.3 Å². The van der Waals surface area contributed by atoms with Gasteiger partial charge in [-0.15, -0.1) is 24.0 Å². The molecule has 3 N–H and O–H groups in total. The zero-order chi connectivity index (χ0) is 19.8. The molecule has 2 aromatic carbocycles. The standard InChI is InChI=1S/C21H23FN4O2.HI/c1-27-19-8-2-15(3-9-19)10-12-24-21(23)25-13-11-18-14-28-20(26-18)16-4-6-17(22)7-5-16;/h2-9,14H,10-13H2,1H3,(H3,23,24,25);1H. The zero-order valence-electron chi connectivity index (χ0n) is 16.1. The van der Waals surface area contributed by atoms with E-state index >= 15 is 0 Å². The van der Waals surface area contributed by atoms with Gasteiger partial charge in [0.15, 0.2) is 5.96 Å². The monoisotopic (exact) mass is 510 g/mol. The SMILES string of the molecule is COc1ccc(CCNC(N)=NCCc2coc(-c3ccc(F)cc3)n2)cc1.I. The molecule has 0 radical (unpaired) electrons. The second-order valence-electron chi connectivity index (χ2n) is 6.19. The van der Waals surface area contributed by atoms with Crippen LogP contribution in [-0.2, 0) is 12.8 Å². The first kappa shape index (κ1) is 22.7. The van der Waals surface area contributed by atoms with E-state index in [0.29, 0.717) is 31.4 Å². The van der Waals surface area contributed by atoms with Crippen molar-refractivity contribution in [3.05, 3.63) is 71.9 Å². The molecular formula is C21H24FIN4O2. The number of hydrogen-bond acceptors (Lipinski definition) is 4. The van der Waals surface area contributed by atoms with Crippen LogP contribution in [0.4, 0.5) is 4.39 Å². The first-order valence-corrected chi connectivity index (χ1v) is 9.01. The first-order chi connectivity index (χ1) is 13.6. The third kappa shape index (κ3) is 7.04. The highest BCUT2D eigenvalue weighted by atomic mass is 127. The summed E-state index contributed by atoms with van der Waals surface area (Å²) in [5.74, 6) is 1.41. The molecule has 154 valence electrons. The quantitative estimate of drug-likeness (QED) is 0.274. The predicted octanol–water partition coefficient (Wildman–Crippen LogP) is 3.80. The number of oxazole rings is 1. The first-order valence-electron chi connectivity index (χ1n) is 9.01. The summed E-state index contributed by atoms with van der Waals surface area (Å²) in [5, 5.41) is 3.10. The maximum atomic E-state index is 13.0. The number of halogens is 2. The van der Waals surface area contributed by atoms with Crippen molar-refractivity contribution in [2.24, 2.45) is 10.7 Å². The number of hydrogen-bond donors (Lipinski definition) is 2. The zero-order valence-corrected chi connectivity index (χ0v) is 18.4. The van der Waals surface area contributed by atoms with E-state index in [9.17, 15) is 4.39 Å². The third-order valence-corrected chi connectivity index (χ3v) is 4.17. The fourth-order valence-corrected chi connectivity index (χ4v) is 2.62. The van der Waals surface area contributed by atoms with Gasteiger partial charge in [-0.2, -0.15) is 0 Å². The maximum absolute atomic E-state index is 13.0. The summed E-state index contributed by atoms with van der Waals surface area (Å²) in [5.41, 5.74) is 8.59. The number of rotatable bonds is 8. The lowest BCUT2D eigenvalue weighted by atomic mass is 10.1. The molecule has 1 aromatic heterocycles. The van der Waals surface area contributed by atoms with Crippen LogP contribution in [0, 0.1) is 5.82 Å². The molecule has 0 unspecified atom stereocenters. The second-order valence-corrected chi connectivity index (χ2v) is 6.19. The summed E-state index contributed by atoms with van der Waals surface area (Å²) in [6.07, 6.45) is 3.03. The van der Waals surface area contributed by atoms with Gasteiger partial charge in [0, 0.05) is 25.1 Å². The van der Waals surface area contributed by atoms with Gasteiger partial charge < -0.3 is 20.2 Å². The van der Waals surface area contributed by atoms with E-state index < -0.39 is 0 Å². The van der Waals surface area contributed by atoms with Gasteiger partial charge in [0.05, 0.1) is 12.8 Å². The van der Waals surface area contributed by atoms with Crippen molar-refractivity contribution < 1.29 is 13.5 Å². The van der Waals surface area contributed by atoms with E-state index in [-0.39, 0.29) is 29.8 Å². The molecule has 0 bridgehead atoms. The highest BCUT2D eigenvalue weighted by molar-refractivity contribution is 14.0. The molecular weight excluding hydrogens is 486 g/mol. The van der Waals surface area contributed by atoms with E-state index in [0.717, 1.165) is 23.4 Å². The fourth-order valence-electron chi connectivity index (χ4n) is 2.62. The summed E-state index contributed by atoms with van der Waals surface area (Å²) in [6, 6.07) is 13.9. The molecule has 3 aromatic rings. The summed E-state index contributed by atoms with van der Waals surface area (Å²) < 4.78 is 23.6. The van der Waals surface area contributed by atoms with Gasteiger partial charge in [0.2, 0.25) is 5.89 Å². The lowest BCUT2D eigenvalue weighted by Gasteiger charge is -2.06. The van der Waals surface area contributed by atoms with Crippen molar-refractivity contribution in [2.75, 3.05) is 20.2 Å². The van der Waals surface area contributed by atoms with Gasteiger partial charge >= 0.3 is 0 Å². The Balaban J connectivity index is 0.00000300. The number of methoxy groups -OCH3 is 1. The molecule has 29 heavy (non-hydrogen) atoms. The molecule has 1 heterocycles. The Morgan fingerprint density at radius 3 is 2.55 bits per heavy atom. The number of guanidine groups is 1. The molecule has 0 spiro atoms. The van der Waals surface area contributed by atoms with Crippen molar-refractivity contribution in [1.29, 1.82) is 0 Å². The molecule has 0 saturated heterocycles. The van der Waals surface area contributed by atoms with Crippen LogP contribution in [0.1, 0.15) is 11.3 Å². The number of aliphatic imine (C=N–C) groups is 1. The van der Waals surface area contributed by atoms with Crippen molar-refractivity contribution >= 4 is 29.9 Å². The molecule has 3 rings (SSSR count). The van der Waals surface area contributed by atoms with Crippen molar-refractivity contribution in [2.45, 2.75) is 12.8 Å². The average molecular weight is 510 g/mol. The number of aromatic nitrogens is 1. The molecule has 0 atom stereocenters. The molecule has 0 aliphatic heterocycles. The molecule has 0 aliphatic carbocycles. The van der Waals surface area contributed by atoms with Crippen LogP contribution in [0.15, 0.2) is 64.2 Å². The van der Waals surface area contributed by atoms with Crippen LogP contribution >= 0.6 is 24.0 Å². The number of nitrogens with zero attached hydrogens (tertiary/aromatic N) is 2. The van der Waals surface area contributed by atoms with Gasteiger partial charge in [-0.05, 0) is 48.4 Å².